The molecule has 1 aliphatic rings. The van der Waals surface area contributed by atoms with Gasteiger partial charge in [-0.05, 0) is 32.4 Å². The van der Waals surface area contributed by atoms with E-state index in [0.717, 1.165) is 0 Å². The van der Waals surface area contributed by atoms with Gasteiger partial charge in [-0.1, -0.05) is 0 Å². The fourth-order valence-electron chi connectivity index (χ4n) is 2.31. The number of carbonyl (C=O) groups is 1. The summed E-state index contributed by atoms with van der Waals surface area (Å²) in [6.07, 6.45) is 1.35. The zero-order valence-corrected chi connectivity index (χ0v) is 12.5. The zero-order valence-electron chi connectivity index (χ0n) is 11.6. The first-order chi connectivity index (χ1) is 9.60. The summed E-state index contributed by atoms with van der Waals surface area (Å²) in [7, 11) is -3.36. The molecule has 2 atom stereocenters. The highest BCUT2D eigenvalue weighted by atomic mass is 31.2. The molecule has 0 unspecified atom stereocenters. The molecule has 112 valence electrons. The van der Waals surface area contributed by atoms with E-state index in [0.29, 0.717) is 12.2 Å². The van der Waals surface area contributed by atoms with Crippen molar-refractivity contribution in [1.82, 2.24) is 0 Å². The molecule has 2 heterocycles. The van der Waals surface area contributed by atoms with Crippen LogP contribution in [0.1, 0.15) is 38.6 Å². The molecule has 0 saturated carbocycles. The summed E-state index contributed by atoms with van der Waals surface area (Å²) in [4.78, 5) is 11.5. The molecule has 0 bridgehead atoms. The highest BCUT2D eigenvalue weighted by Crippen LogP contribution is 2.60. The predicted octanol–water partition coefficient (Wildman–Crippen LogP) is 3.29. The van der Waals surface area contributed by atoms with Gasteiger partial charge in [0, 0.05) is 6.42 Å². The van der Waals surface area contributed by atoms with E-state index in [-0.39, 0.29) is 25.6 Å². The maximum atomic E-state index is 12.9. The van der Waals surface area contributed by atoms with Crippen molar-refractivity contribution in [2.24, 2.45) is 0 Å². The van der Waals surface area contributed by atoms with Crippen LogP contribution in [0, 0.1) is 0 Å². The molecule has 0 spiro atoms. The van der Waals surface area contributed by atoms with E-state index in [1.54, 1.807) is 26.0 Å². The molecule has 20 heavy (non-hydrogen) atoms. The van der Waals surface area contributed by atoms with Crippen LogP contribution in [-0.2, 0) is 23.1 Å². The van der Waals surface area contributed by atoms with Crippen LogP contribution in [0.3, 0.4) is 0 Å². The molecule has 1 aromatic heterocycles. The number of hydrogen-bond donors (Lipinski definition) is 0. The van der Waals surface area contributed by atoms with Crippen LogP contribution in [0.4, 0.5) is 0 Å². The Morgan fingerprint density at radius 1 is 1.35 bits per heavy atom. The molecule has 0 radical (unpaired) electrons. The molecule has 1 saturated heterocycles. The molecule has 6 nitrogen and oxygen atoms in total. The summed E-state index contributed by atoms with van der Waals surface area (Å²) >= 11 is 0. The molecular weight excluding hydrogens is 283 g/mol. The van der Waals surface area contributed by atoms with Gasteiger partial charge in [0.1, 0.15) is 11.4 Å². The Balaban J connectivity index is 2.30. The number of furan rings is 1. The number of cyclic esters (lactones) is 1. The Hall–Kier alpha value is -1.10. The van der Waals surface area contributed by atoms with E-state index in [9.17, 15) is 9.36 Å². The Bertz CT molecular complexity index is 473. The fraction of sp³-hybridized carbons (Fsp3) is 0.615. The van der Waals surface area contributed by atoms with Crippen LogP contribution in [0.2, 0.25) is 0 Å². The first kappa shape index (κ1) is 15.3. The minimum Gasteiger partial charge on any atom is -0.465 e. The molecule has 0 aromatic carbocycles. The Morgan fingerprint density at radius 3 is 2.60 bits per heavy atom. The van der Waals surface area contributed by atoms with Crippen LogP contribution in [-0.4, -0.2) is 24.8 Å². The quantitative estimate of drug-likeness (QED) is 0.593. The number of ether oxygens (including phenoxy) is 1. The van der Waals surface area contributed by atoms with Gasteiger partial charge in [-0.3, -0.25) is 9.36 Å². The summed E-state index contributed by atoms with van der Waals surface area (Å²) < 4.78 is 34.3. The van der Waals surface area contributed by atoms with Gasteiger partial charge in [0.05, 0.1) is 19.5 Å². The summed E-state index contributed by atoms with van der Waals surface area (Å²) in [5, 5.41) is 0. The highest BCUT2D eigenvalue weighted by Gasteiger charge is 2.47. The van der Waals surface area contributed by atoms with E-state index in [1.807, 2.05) is 0 Å². The normalized spacial score (nSPS) is 23.6. The molecular formula is C13H19O6P. The topological polar surface area (TPSA) is 75.0 Å². The third-order valence-electron chi connectivity index (χ3n) is 3.10. The molecule has 0 amide bonds. The van der Waals surface area contributed by atoms with Gasteiger partial charge >= 0.3 is 13.6 Å². The Morgan fingerprint density at radius 2 is 2.05 bits per heavy atom. The monoisotopic (exact) mass is 302 g/mol. The van der Waals surface area contributed by atoms with Crippen LogP contribution in [0.25, 0.3) is 0 Å². The lowest BCUT2D eigenvalue weighted by Crippen LogP contribution is -2.31. The lowest BCUT2D eigenvalue weighted by atomic mass is 10.1. The predicted molar refractivity (Wildman–Crippen MR) is 71.4 cm³/mol. The third kappa shape index (κ3) is 3.14. The van der Waals surface area contributed by atoms with Crippen molar-refractivity contribution in [3.63, 3.8) is 0 Å². The third-order valence-corrected chi connectivity index (χ3v) is 5.68. The van der Waals surface area contributed by atoms with E-state index in [4.69, 9.17) is 18.2 Å². The van der Waals surface area contributed by atoms with Crippen LogP contribution < -0.4 is 0 Å². The number of hydrogen-bond acceptors (Lipinski definition) is 6. The van der Waals surface area contributed by atoms with Crippen molar-refractivity contribution in [3.05, 3.63) is 24.2 Å². The van der Waals surface area contributed by atoms with E-state index >= 15 is 0 Å². The molecule has 0 aliphatic carbocycles. The molecule has 2 rings (SSSR count). The molecule has 0 N–H and O–H groups in total. The summed E-state index contributed by atoms with van der Waals surface area (Å²) in [5.41, 5.74) is -0.536. The van der Waals surface area contributed by atoms with E-state index in [2.05, 4.69) is 0 Å². The van der Waals surface area contributed by atoms with Gasteiger partial charge in [-0.25, -0.2) is 0 Å². The largest absolute Gasteiger partial charge is 0.465 e. The Labute approximate surface area is 117 Å². The second-order valence-electron chi connectivity index (χ2n) is 4.41. The van der Waals surface area contributed by atoms with Crippen molar-refractivity contribution in [2.45, 2.75) is 38.5 Å². The van der Waals surface area contributed by atoms with Crippen molar-refractivity contribution in [3.8, 4) is 0 Å². The first-order valence-electron chi connectivity index (χ1n) is 6.72. The van der Waals surface area contributed by atoms with Crippen molar-refractivity contribution in [2.75, 3.05) is 13.2 Å². The zero-order chi connectivity index (χ0) is 14.6. The second kappa shape index (κ2) is 6.57. The van der Waals surface area contributed by atoms with E-state index in [1.165, 1.54) is 6.26 Å². The SMILES string of the molecule is CCOP(=O)(OCC)[C@H]1CCC(=O)O[C@H]1c1ccco1. The van der Waals surface area contributed by atoms with Crippen molar-refractivity contribution < 1.29 is 27.6 Å². The van der Waals surface area contributed by atoms with Crippen LogP contribution in [0.15, 0.2) is 22.8 Å². The highest BCUT2D eigenvalue weighted by molar-refractivity contribution is 7.54. The van der Waals surface area contributed by atoms with Crippen molar-refractivity contribution >= 4 is 13.6 Å². The van der Waals surface area contributed by atoms with Crippen LogP contribution in [0.5, 0.6) is 0 Å². The van der Waals surface area contributed by atoms with Crippen LogP contribution >= 0.6 is 7.60 Å². The van der Waals surface area contributed by atoms with Gasteiger partial charge in [0.25, 0.3) is 0 Å². The summed E-state index contributed by atoms with van der Waals surface area (Å²) in [6.45, 7) is 4.05. The minimum atomic E-state index is -3.36. The second-order valence-corrected chi connectivity index (χ2v) is 6.67. The molecule has 1 aromatic rings. The smallest absolute Gasteiger partial charge is 0.337 e. The van der Waals surface area contributed by atoms with Crippen molar-refractivity contribution in [1.29, 1.82) is 0 Å². The lowest BCUT2D eigenvalue weighted by Gasteiger charge is -2.33. The number of rotatable bonds is 6. The maximum Gasteiger partial charge on any atom is 0.337 e. The fourth-order valence-corrected chi connectivity index (χ4v) is 4.47. The van der Waals surface area contributed by atoms with E-state index < -0.39 is 19.4 Å². The number of esters is 1. The average molecular weight is 302 g/mol. The van der Waals surface area contributed by atoms with Gasteiger partial charge < -0.3 is 18.2 Å². The van der Waals surface area contributed by atoms with Gasteiger partial charge in [0.15, 0.2) is 6.10 Å². The molecule has 1 aliphatic heterocycles. The number of carbonyl (C=O) groups excluding carboxylic acids is 1. The average Bonchev–Trinajstić information content (AvgIpc) is 2.92. The maximum absolute atomic E-state index is 12.9. The van der Waals surface area contributed by atoms with Gasteiger partial charge in [-0.15, -0.1) is 0 Å². The van der Waals surface area contributed by atoms with Gasteiger partial charge in [0.2, 0.25) is 0 Å². The minimum absolute atomic E-state index is 0.200. The standard InChI is InChI=1S/C13H19O6P/c1-3-17-20(15,18-4-2)11-7-8-12(14)19-13(11)10-6-5-9-16-10/h5-6,9,11,13H,3-4,7-8H2,1-2H3/t11-,13-/m0/s1. The summed E-state index contributed by atoms with van der Waals surface area (Å²) in [6, 6.07) is 3.39. The lowest BCUT2D eigenvalue weighted by molar-refractivity contribution is -0.155. The summed E-state index contributed by atoms with van der Waals surface area (Å²) in [5.74, 6) is 0.130. The molecule has 7 heteroatoms. The molecule has 1 fully saturated rings. The Kier molecular flexibility index (Phi) is 5.02. The first-order valence-corrected chi connectivity index (χ1v) is 8.33. The van der Waals surface area contributed by atoms with Gasteiger partial charge in [-0.2, -0.15) is 0 Å².